The summed E-state index contributed by atoms with van der Waals surface area (Å²) in [6.07, 6.45) is 3.75. The first-order chi connectivity index (χ1) is 18.9. The first kappa shape index (κ1) is 26.5. The van der Waals surface area contributed by atoms with E-state index in [0.29, 0.717) is 18.8 Å². The highest BCUT2D eigenvalue weighted by molar-refractivity contribution is 9.10. The van der Waals surface area contributed by atoms with Crippen LogP contribution in [0.25, 0.3) is 5.82 Å². The summed E-state index contributed by atoms with van der Waals surface area (Å²) < 4.78 is 14.4. The van der Waals surface area contributed by atoms with E-state index in [0.717, 1.165) is 58.7 Å². The fourth-order valence-electron chi connectivity index (χ4n) is 4.50. The van der Waals surface area contributed by atoms with Gasteiger partial charge in [0.2, 0.25) is 11.6 Å². The molecule has 0 saturated carbocycles. The fraction of sp³-hybridized carbons (Fsp3) is 0.375. The summed E-state index contributed by atoms with van der Waals surface area (Å²) in [5, 5.41) is 24.4. The van der Waals surface area contributed by atoms with Crippen molar-refractivity contribution in [2.45, 2.75) is 39.8 Å². The van der Waals surface area contributed by atoms with Crippen molar-refractivity contribution in [1.82, 2.24) is 45.4 Å². The highest BCUT2D eigenvalue weighted by Crippen LogP contribution is 2.25. The monoisotopic (exact) mass is 597 g/mol. The molecule has 3 aromatic heterocycles. The van der Waals surface area contributed by atoms with E-state index in [2.05, 4.69) is 57.1 Å². The summed E-state index contributed by atoms with van der Waals surface area (Å²) in [5.74, 6) is 0.278. The lowest BCUT2D eigenvalue weighted by Gasteiger charge is -2.13. The van der Waals surface area contributed by atoms with Crippen molar-refractivity contribution >= 4 is 33.9 Å². The van der Waals surface area contributed by atoms with Gasteiger partial charge in [0.1, 0.15) is 11.4 Å². The number of hydrogen-bond acceptors (Lipinski definition) is 11. The van der Waals surface area contributed by atoms with E-state index < -0.39 is 5.91 Å². The second-order valence-corrected chi connectivity index (χ2v) is 9.96. The lowest BCUT2D eigenvalue weighted by atomic mass is 10.1. The molecule has 5 rings (SSSR count). The number of ether oxygens (including phenoxy) is 1. The summed E-state index contributed by atoms with van der Waals surface area (Å²) in [4.78, 5) is 15.5. The molecule has 1 amide bonds. The van der Waals surface area contributed by atoms with Gasteiger partial charge in [-0.3, -0.25) is 14.4 Å². The lowest BCUT2D eigenvalue weighted by Crippen LogP contribution is -2.26. The Hall–Kier alpha value is -4.11. The molecule has 0 bridgehead atoms. The fourth-order valence-corrected chi connectivity index (χ4v) is 4.78. The Morgan fingerprint density at radius 2 is 2.05 bits per heavy atom. The number of carbonyl (C=O) groups excluding carboxylic acids is 1. The van der Waals surface area contributed by atoms with E-state index in [1.54, 1.807) is 13.3 Å². The second-order valence-electron chi connectivity index (χ2n) is 9.17. The summed E-state index contributed by atoms with van der Waals surface area (Å²) in [6, 6.07) is 5.64. The Morgan fingerprint density at radius 1 is 1.26 bits per heavy atom. The van der Waals surface area contributed by atoms with E-state index >= 15 is 0 Å². The number of hydrogen-bond donors (Lipinski definition) is 2. The standard InChI is InChI=1S/C24H28BrN11O3/c1-14-20(25)15(2)35(30-14)12-17-10-16(6-7-19(17)38-3)11-27-29-24(37)21-18(13-34-8-4-5-9-34)28-33-36(21)23-22(26)31-39-32-23/h6-7,10-11H,4-5,8-9,12-13H2,1-3H3,(H2,26,31)(H,29,37)/b27-11+. The van der Waals surface area contributed by atoms with Crippen LogP contribution in [0.5, 0.6) is 5.75 Å². The average molecular weight is 598 g/mol. The van der Waals surface area contributed by atoms with Gasteiger partial charge in [-0.2, -0.15) is 14.9 Å². The van der Waals surface area contributed by atoms with E-state index in [1.165, 1.54) is 4.68 Å². The summed E-state index contributed by atoms with van der Waals surface area (Å²) in [5.41, 5.74) is 12.7. The first-order valence-corrected chi connectivity index (χ1v) is 13.1. The predicted molar refractivity (Wildman–Crippen MR) is 145 cm³/mol. The number of carbonyl (C=O) groups is 1. The molecule has 4 heterocycles. The number of nitrogens with one attached hydrogen (secondary N) is 1. The van der Waals surface area contributed by atoms with Crippen LogP contribution in [0.3, 0.4) is 0 Å². The molecule has 204 valence electrons. The maximum atomic E-state index is 13.3. The molecule has 14 nitrogen and oxygen atoms in total. The number of rotatable bonds is 9. The van der Waals surface area contributed by atoms with Gasteiger partial charge in [0, 0.05) is 12.1 Å². The maximum absolute atomic E-state index is 13.3. The molecule has 3 N–H and O–H groups in total. The Morgan fingerprint density at radius 3 is 2.72 bits per heavy atom. The van der Waals surface area contributed by atoms with Crippen molar-refractivity contribution in [3.05, 3.63) is 56.6 Å². The molecule has 1 aliphatic rings. The number of amides is 1. The zero-order chi connectivity index (χ0) is 27.5. The second kappa shape index (κ2) is 11.3. The third-order valence-corrected chi connectivity index (χ3v) is 7.67. The van der Waals surface area contributed by atoms with E-state index in [9.17, 15) is 4.79 Å². The molecule has 0 atom stereocenters. The van der Waals surface area contributed by atoms with Crippen LogP contribution in [-0.4, -0.2) is 72.3 Å². The van der Waals surface area contributed by atoms with Crippen molar-refractivity contribution in [2.24, 2.45) is 5.10 Å². The Balaban J connectivity index is 1.37. The normalized spacial score (nSPS) is 13.9. The van der Waals surface area contributed by atoms with Gasteiger partial charge in [-0.1, -0.05) is 5.21 Å². The number of aromatic nitrogens is 7. The van der Waals surface area contributed by atoms with Gasteiger partial charge >= 0.3 is 0 Å². The molecule has 0 aliphatic carbocycles. The molecule has 1 fully saturated rings. The van der Waals surface area contributed by atoms with Gasteiger partial charge in [-0.15, -0.1) is 5.10 Å². The van der Waals surface area contributed by atoms with Crippen LogP contribution >= 0.6 is 15.9 Å². The van der Waals surface area contributed by atoms with Crippen LogP contribution in [0.1, 0.15) is 51.5 Å². The van der Waals surface area contributed by atoms with E-state index in [-0.39, 0.29) is 17.3 Å². The number of nitrogens with zero attached hydrogens (tertiary/aromatic N) is 9. The minimum Gasteiger partial charge on any atom is -0.496 e. The third kappa shape index (κ3) is 5.54. The number of methoxy groups -OCH3 is 1. The lowest BCUT2D eigenvalue weighted by molar-refractivity contribution is 0.0945. The predicted octanol–water partition coefficient (Wildman–Crippen LogP) is 2.22. The number of halogens is 1. The minimum absolute atomic E-state index is 0.00872. The number of anilines is 1. The molecule has 0 spiro atoms. The highest BCUT2D eigenvalue weighted by atomic mass is 79.9. The largest absolute Gasteiger partial charge is 0.496 e. The quantitative estimate of drug-likeness (QED) is 0.215. The third-order valence-electron chi connectivity index (χ3n) is 6.52. The zero-order valence-corrected chi connectivity index (χ0v) is 23.3. The number of aryl methyl sites for hydroxylation is 1. The van der Waals surface area contributed by atoms with Gasteiger partial charge in [0.15, 0.2) is 5.69 Å². The van der Waals surface area contributed by atoms with Crippen LogP contribution in [-0.2, 0) is 13.1 Å². The number of nitrogens with two attached hydrogens (primary N) is 1. The molecule has 39 heavy (non-hydrogen) atoms. The zero-order valence-electron chi connectivity index (χ0n) is 21.8. The molecular weight excluding hydrogens is 570 g/mol. The van der Waals surface area contributed by atoms with Crippen molar-refractivity contribution in [3.63, 3.8) is 0 Å². The van der Waals surface area contributed by atoms with Gasteiger partial charge in [0.25, 0.3) is 5.91 Å². The molecule has 0 unspecified atom stereocenters. The van der Waals surface area contributed by atoms with Crippen molar-refractivity contribution in [3.8, 4) is 11.6 Å². The van der Waals surface area contributed by atoms with Crippen LogP contribution in [0.4, 0.5) is 5.82 Å². The summed E-state index contributed by atoms with van der Waals surface area (Å²) in [7, 11) is 1.62. The average Bonchev–Trinajstić information content (AvgIpc) is 3.72. The van der Waals surface area contributed by atoms with Crippen LogP contribution < -0.4 is 15.9 Å². The first-order valence-electron chi connectivity index (χ1n) is 12.3. The SMILES string of the molecule is COc1ccc(/C=N/NC(=O)c2c(CN3CCCC3)nnn2-c2nonc2N)cc1Cn1nc(C)c(Br)c1C. The number of likely N-dealkylation sites (tertiary alicyclic amines) is 1. The van der Waals surface area contributed by atoms with Gasteiger partial charge in [0.05, 0.1) is 35.7 Å². The summed E-state index contributed by atoms with van der Waals surface area (Å²) >= 11 is 3.57. The van der Waals surface area contributed by atoms with Crippen LogP contribution in [0.2, 0.25) is 0 Å². The van der Waals surface area contributed by atoms with Crippen LogP contribution in [0.15, 0.2) is 32.4 Å². The smallest absolute Gasteiger partial charge is 0.292 e. The molecule has 15 heteroatoms. The van der Waals surface area contributed by atoms with Gasteiger partial charge < -0.3 is 10.5 Å². The van der Waals surface area contributed by atoms with Crippen LogP contribution in [0, 0.1) is 13.8 Å². The van der Waals surface area contributed by atoms with Crippen molar-refractivity contribution in [2.75, 3.05) is 25.9 Å². The minimum atomic E-state index is -0.519. The van der Waals surface area contributed by atoms with Crippen molar-refractivity contribution < 1.29 is 14.2 Å². The topological polar surface area (TPSA) is 167 Å². The maximum Gasteiger partial charge on any atom is 0.292 e. The van der Waals surface area contributed by atoms with Gasteiger partial charge in [-0.05, 0) is 89.8 Å². The molecule has 0 radical (unpaired) electrons. The Kier molecular flexibility index (Phi) is 7.70. The number of hydrazone groups is 1. The molecule has 1 aromatic carbocycles. The highest BCUT2D eigenvalue weighted by Gasteiger charge is 2.27. The van der Waals surface area contributed by atoms with Crippen molar-refractivity contribution in [1.29, 1.82) is 0 Å². The number of nitrogen functional groups attached to an aromatic ring is 1. The Labute approximate surface area is 232 Å². The number of benzene rings is 1. The van der Waals surface area contributed by atoms with E-state index in [1.807, 2.05) is 36.7 Å². The summed E-state index contributed by atoms with van der Waals surface area (Å²) in [6.45, 7) is 6.76. The molecule has 4 aromatic rings. The van der Waals surface area contributed by atoms with Gasteiger partial charge in [-0.25, -0.2) is 10.1 Å². The molecular formula is C24H28BrN11O3. The molecule has 1 saturated heterocycles. The Bertz CT molecular complexity index is 1520. The van der Waals surface area contributed by atoms with E-state index in [4.69, 9.17) is 15.1 Å². The molecule has 1 aliphatic heterocycles.